The van der Waals surface area contributed by atoms with Crippen LogP contribution in [0.4, 0.5) is 0 Å². The second-order valence-electron chi connectivity index (χ2n) is 22.0. The summed E-state index contributed by atoms with van der Waals surface area (Å²) in [6.07, 6.45) is -15.3. The number of rotatable bonds is 56. The molecule has 4 rings (SSSR count). The number of nitrogens with zero attached hydrogens (tertiary/aromatic N) is 2. The molecule has 0 radical (unpaired) electrons. The van der Waals surface area contributed by atoms with E-state index in [-0.39, 0.29) is 180 Å². The Labute approximate surface area is 579 Å². The fourth-order valence-corrected chi connectivity index (χ4v) is 8.63. The molecule has 0 bridgehead atoms. The molecule has 0 aliphatic carbocycles. The molecule has 100 heavy (non-hydrogen) atoms. The predicted octanol–water partition coefficient (Wildman–Crippen LogP) is -2.50. The number of carboxylic acids is 1. The fraction of sp³-hybridized carbons (Fsp3) is 0.703. The maximum atomic E-state index is 13.3. The molecule has 9 atom stereocenters. The lowest BCUT2D eigenvalue weighted by Crippen LogP contribution is -2.61. The van der Waals surface area contributed by atoms with Crippen molar-refractivity contribution in [2.24, 2.45) is 5.16 Å². The van der Waals surface area contributed by atoms with Crippen molar-refractivity contribution in [3.05, 3.63) is 58.7 Å². The molecule has 2 heterocycles. The molecule has 36 nitrogen and oxygen atoms in total. The number of amides is 3. The lowest BCUT2D eigenvalue weighted by Gasteiger charge is -2.38. The van der Waals surface area contributed by atoms with Gasteiger partial charge in [0.05, 0.1) is 175 Å². The molecule has 568 valence electrons. The molecule has 9 N–H and O–H groups in total. The summed E-state index contributed by atoms with van der Waals surface area (Å²) in [6.45, 7) is 12.3. The summed E-state index contributed by atoms with van der Waals surface area (Å²) in [6, 6.07) is 8.60. The van der Waals surface area contributed by atoms with Gasteiger partial charge in [0.25, 0.3) is 11.8 Å². The number of nitrogens with one attached hydrogen (secondary N) is 2. The minimum Gasteiger partial charge on any atom is -0.479 e. The number of aliphatic hydroxyl groups is 6. The summed E-state index contributed by atoms with van der Waals surface area (Å²) in [7, 11) is 0. The second-order valence-corrected chi connectivity index (χ2v) is 22.0. The van der Waals surface area contributed by atoms with Gasteiger partial charge in [-0.05, 0) is 49.2 Å². The van der Waals surface area contributed by atoms with E-state index in [0.29, 0.717) is 70.6 Å². The number of ether oxygens (including phenoxy) is 18. The van der Waals surface area contributed by atoms with Gasteiger partial charge < -0.3 is 141 Å². The Hall–Kier alpha value is -6.47. The number of esters is 2. The summed E-state index contributed by atoms with van der Waals surface area (Å²) < 4.78 is 99.0. The molecule has 36 heteroatoms. The molecule has 0 spiro atoms. The van der Waals surface area contributed by atoms with Gasteiger partial charge in [0, 0.05) is 40.0 Å². The SMILES string of the molecule is CC(=O)OCc1ccc(O[C@@H]2O[C@H](C(=O)O)[C@@H](O)[C@H](O)[C@H]2O)c(C(=O)NCCOCCOCCOCCOCCOCCN(CCOCCOCCOCCOCCOCCNC(=O)c2cc(COC(C)=O)ccc2O[C@@H]2OC[C@@H](O)[C@H](O)[C@H]2O)C(=O)COCCOCCON=C(C)C)c1. The van der Waals surface area contributed by atoms with Crippen LogP contribution in [0.15, 0.2) is 41.6 Å². The number of hydrogen-bond acceptors (Lipinski definition) is 32. The van der Waals surface area contributed by atoms with E-state index in [0.717, 1.165) is 5.71 Å². The minimum absolute atomic E-state index is 0.0225. The number of carbonyl (C=O) groups excluding carboxylic acids is 5. The maximum absolute atomic E-state index is 13.3. The second kappa shape index (κ2) is 51.6. The monoisotopic (exact) mass is 1440 g/mol. The van der Waals surface area contributed by atoms with E-state index in [1.165, 1.54) is 44.2 Å². The third-order valence-corrected chi connectivity index (χ3v) is 13.8. The average molecular weight is 1440 g/mol. The maximum Gasteiger partial charge on any atom is 0.335 e. The van der Waals surface area contributed by atoms with Crippen LogP contribution in [0.3, 0.4) is 0 Å². The molecule has 0 unspecified atom stereocenters. The van der Waals surface area contributed by atoms with Crippen molar-refractivity contribution < 1.29 is 155 Å². The highest BCUT2D eigenvalue weighted by atomic mass is 16.7. The molecule has 0 saturated carbocycles. The molecule has 2 aliphatic rings. The van der Waals surface area contributed by atoms with Crippen molar-refractivity contribution in [3.63, 3.8) is 0 Å². The van der Waals surface area contributed by atoms with Gasteiger partial charge >= 0.3 is 17.9 Å². The summed E-state index contributed by atoms with van der Waals surface area (Å²) in [5.41, 5.74) is 1.63. The number of carbonyl (C=O) groups is 6. The Kier molecular flexibility index (Phi) is 44.4. The van der Waals surface area contributed by atoms with Gasteiger partial charge in [-0.3, -0.25) is 24.0 Å². The Balaban J connectivity index is 1.00. The highest BCUT2D eigenvalue weighted by Crippen LogP contribution is 2.29. The number of benzene rings is 2. The van der Waals surface area contributed by atoms with Crippen LogP contribution in [-0.2, 0) is 113 Å². The van der Waals surface area contributed by atoms with Crippen LogP contribution in [-0.4, -0.2) is 335 Å². The summed E-state index contributed by atoms with van der Waals surface area (Å²) in [4.78, 5) is 80.6. The first-order chi connectivity index (χ1) is 48.3. The van der Waals surface area contributed by atoms with Crippen molar-refractivity contribution >= 4 is 41.3 Å². The van der Waals surface area contributed by atoms with Crippen LogP contribution in [0.2, 0.25) is 0 Å². The van der Waals surface area contributed by atoms with E-state index >= 15 is 0 Å². The van der Waals surface area contributed by atoms with Crippen LogP contribution in [0.1, 0.15) is 59.5 Å². The van der Waals surface area contributed by atoms with E-state index in [2.05, 4.69) is 15.8 Å². The first kappa shape index (κ1) is 85.9. The molecule has 2 fully saturated rings. The zero-order valence-corrected chi connectivity index (χ0v) is 57.0. The van der Waals surface area contributed by atoms with Gasteiger partial charge in [-0.25, -0.2) is 4.79 Å². The van der Waals surface area contributed by atoms with Gasteiger partial charge in [0.2, 0.25) is 18.5 Å². The van der Waals surface area contributed by atoms with E-state index in [1.807, 2.05) is 13.8 Å². The normalized spacial score (nSPS) is 19.7. The average Bonchev–Trinajstić information content (AvgIpc) is 0.808. The molecular formula is C64H100N4O32. The van der Waals surface area contributed by atoms with Crippen molar-refractivity contribution in [3.8, 4) is 11.5 Å². The Bertz CT molecular complexity index is 2680. The Morgan fingerprint density at radius 1 is 0.470 bits per heavy atom. The number of carboxylic acid groups (broad SMARTS) is 1. The molecule has 2 aliphatic heterocycles. The fourth-order valence-electron chi connectivity index (χ4n) is 8.63. The first-order valence-corrected chi connectivity index (χ1v) is 32.6. The number of aliphatic carboxylic acids is 1. The minimum atomic E-state index is -1.95. The smallest absolute Gasteiger partial charge is 0.335 e. The van der Waals surface area contributed by atoms with Gasteiger partial charge in [0.15, 0.2) is 6.10 Å². The number of aliphatic hydroxyl groups excluding tert-OH is 6. The third kappa shape index (κ3) is 35.9. The molecule has 2 saturated heterocycles. The van der Waals surface area contributed by atoms with Gasteiger partial charge in [-0.2, -0.15) is 0 Å². The van der Waals surface area contributed by atoms with Crippen LogP contribution in [0.5, 0.6) is 11.5 Å². The zero-order valence-electron chi connectivity index (χ0n) is 57.0. The number of hydrogen-bond donors (Lipinski definition) is 9. The van der Waals surface area contributed by atoms with Crippen molar-refractivity contribution in [2.75, 3.05) is 198 Å². The standard InChI is InChI=1S/C64H100N4O32/c1-43(2)67-97-36-35-92-33-34-93-42-53(72)68(11-15-84-19-23-88-27-31-90-29-25-86-21-17-82-13-9-65-60(78)48-37-46(39-94-44(3)69)5-7-51(48)98-63-57(76)54(73)50(71)41-96-63)12-16-85-20-24-89-28-32-91-30-26-87-22-18-83-14-10-66-61(79)49-38-47(40-95-45(4)70)6-8-52(49)99-64-58(77)55(74)56(75)59(100-64)62(80)81/h5-8,37-38,50,54-59,63-64,71,73-77H,9-36,39-42H2,1-4H3,(H,65,78)(H,66,79)(H,80,81)/t50-,54+,55+,56+,57-,58-,59+,63+,64-/m1/s1. The van der Waals surface area contributed by atoms with Crippen LogP contribution in [0, 0.1) is 0 Å². The lowest BCUT2D eigenvalue weighted by atomic mass is 9.99. The predicted molar refractivity (Wildman–Crippen MR) is 343 cm³/mol. The van der Waals surface area contributed by atoms with Crippen molar-refractivity contribution in [1.29, 1.82) is 0 Å². The largest absolute Gasteiger partial charge is 0.479 e. The lowest BCUT2D eigenvalue weighted by molar-refractivity contribution is -0.271. The summed E-state index contributed by atoms with van der Waals surface area (Å²) in [5, 5.41) is 79.5. The quantitative estimate of drug-likeness (QED) is 0.0143. The summed E-state index contributed by atoms with van der Waals surface area (Å²) in [5.74, 6) is -4.30. The van der Waals surface area contributed by atoms with Gasteiger partial charge in [-0.15, -0.1) is 0 Å². The summed E-state index contributed by atoms with van der Waals surface area (Å²) >= 11 is 0. The van der Waals surface area contributed by atoms with E-state index in [1.54, 1.807) is 11.0 Å². The molecule has 2 aromatic carbocycles. The highest BCUT2D eigenvalue weighted by molar-refractivity contribution is 5.97. The van der Waals surface area contributed by atoms with Crippen molar-refractivity contribution in [1.82, 2.24) is 15.5 Å². The number of oxime groups is 1. The zero-order chi connectivity index (χ0) is 72.7. The highest BCUT2D eigenvalue weighted by Gasteiger charge is 2.48. The Morgan fingerprint density at radius 2 is 0.850 bits per heavy atom. The van der Waals surface area contributed by atoms with E-state index in [9.17, 15) is 64.5 Å². The van der Waals surface area contributed by atoms with E-state index < -0.39 is 85.0 Å². The van der Waals surface area contributed by atoms with Crippen molar-refractivity contribution in [2.45, 2.75) is 96.2 Å². The molecular weight excluding hydrogens is 1340 g/mol. The first-order valence-electron chi connectivity index (χ1n) is 32.6. The van der Waals surface area contributed by atoms with Crippen LogP contribution >= 0.6 is 0 Å². The van der Waals surface area contributed by atoms with E-state index in [4.69, 9.17) is 90.1 Å². The topological polar surface area (TPSA) is 459 Å². The van der Waals surface area contributed by atoms with Gasteiger partial charge in [-0.1, -0.05) is 17.3 Å². The molecule has 0 aromatic heterocycles. The Morgan fingerprint density at radius 3 is 1.26 bits per heavy atom. The molecule has 3 amide bonds. The molecule has 2 aromatic rings. The van der Waals surface area contributed by atoms with Crippen LogP contribution < -0.4 is 20.1 Å². The van der Waals surface area contributed by atoms with Gasteiger partial charge in [0.1, 0.15) is 74.6 Å². The third-order valence-electron chi connectivity index (χ3n) is 13.8. The van der Waals surface area contributed by atoms with Crippen LogP contribution in [0.25, 0.3) is 0 Å².